The van der Waals surface area contributed by atoms with E-state index in [4.69, 9.17) is 9.47 Å². The molecule has 5 heteroatoms. The molecule has 1 aromatic rings. The summed E-state index contributed by atoms with van der Waals surface area (Å²) in [6.07, 6.45) is 6.77. The van der Waals surface area contributed by atoms with Crippen LogP contribution in [0.5, 0.6) is 0 Å². The van der Waals surface area contributed by atoms with Gasteiger partial charge in [-0.05, 0) is 44.1 Å². The zero-order chi connectivity index (χ0) is 17.3. The van der Waals surface area contributed by atoms with Crippen molar-refractivity contribution >= 4 is 6.03 Å². The summed E-state index contributed by atoms with van der Waals surface area (Å²) < 4.78 is 11.7. The number of likely N-dealkylation sites (tertiary alicyclic amines) is 1. The fraction of sp³-hybridized carbons (Fsp3) is 0.650. The van der Waals surface area contributed by atoms with E-state index in [1.807, 2.05) is 23.1 Å². The molecule has 0 saturated carbocycles. The first-order valence-electron chi connectivity index (χ1n) is 9.61. The molecule has 2 saturated heterocycles. The first kappa shape index (κ1) is 18.2. The maximum absolute atomic E-state index is 12.3. The molecule has 3 rings (SSSR count). The number of rotatable bonds is 6. The molecule has 2 aliphatic rings. The molecule has 2 aliphatic heterocycles. The normalized spacial score (nSPS) is 21.9. The average Bonchev–Trinajstić information content (AvgIpc) is 2.68. The molecule has 25 heavy (non-hydrogen) atoms. The molecule has 1 atom stereocenters. The number of hydrogen-bond acceptors (Lipinski definition) is 3. The van der Waals surface area contributed by atoms with Gasteiger partial charge in [0.25, 0.3) is 0 Å². The molecule has 1 aromatic carbocycles. The average molecular weight is 346 g/mol. The highest BCUT2D eigenvalue weighted by molar-refractivity contribution is 5.74. The minimum atomic E-state index is 0.0463. The van der Waals surface area contributed by atoms with Gasteiger partial charge in [-0.3, -0.25) is 0 Å². The highest BCUT2D eigenvalue weighted by Crippen LogP contribution is 2.17. The molecule has 138 valence electrons. The van der Waals surface area contributed by atoms with E-state index in [1.54, 1.807) is 0 Å². The van der Waals surface area contributed by atoms with Crippen molar-refractivity contribution in [3.8, 4) is 0 Å². The fourth-order valence-corrected chi connectivity index (χ4v) is 3.48. The van der Waals surface area contributed by atoms with Gasteiger partial charge in [0.2, 0.25) is 0 Å². The lowest BCUT2D eigenvalue weighted by atomic mass is 10.1. The number of nitrogens with one attached hydrogen (secondary N) is 1. The van der Waals surface area contributed by atoms with Crippen LogP contribution in [0.2, 0.25) is 0 Å². The van der Waals surface area contributed by atoms with Gasteiger partial charge in [0.1, 0.15) is 0 Å². The van der Waals surface area contributed by atoms with E-state index in [9.17, 15) is 4.79 Å². The van der Waals surface area contributed by atoms with Gasteiger partial charge in [0.15, 0.2) is 0 Å². The molecule has 0 bridgehead atoms. The van der Waals surface area contributed by atoms with Crippen molar-refractivity contribution in [1.82, 2.24) is 10.2 Å². The molecule has 0 radical (unpaired) electrons. The summed E-state index contributed by atoms with van der Waals surface area (Å²) in [7, 11) is 0. The van der Waals surface area contributed by atoms with Crippen LogP contribution in [0.4, 0.5) is 4.79 Å². The van der Waals surface area contributed by atoms with Gasteiger partial charge < -0.3 is 19.7 Å². The molecule has 5 nitrogen and oxygen atoms in total. The summed E-state index contributed by atoms with van der Waals surface area (Å²) in [5.74, 6) is 0. The molecule has 0 spiro atoms. The fourth-order valence-electron chi connectivity index (χ4n) is 3.48. The summed E-state index contributed by atoms with van der Waals surface area (Å²) in [6, 6.07) is 10.3. The molecular weight excluding hydrogens is 316 g/mol. The molecule has 0 unspecified atom stereocenters. The minimum absolute atomic E-state index is 0.0463. The van der Waals surface area contributed by atoms with Crippen LogP contribution in [0.25, 0.3) is 0 Å². The van der Waals surface area contributed by atoms with Crippen LogP contribution in [-0.4, -0.2) is 56.0 Å². The van der Waals surface area contributed by atoms with Crippen molar-refractivity contribution in [2.75, 3.05) is 32.8 Å². The monoisotopic (exact) mass is 346 g/mol. The van der Waals surface area contributed by atoms with Crippen LogP contribution in [0.3, 0.4) is 0 Å². The Kier molecular flexibility index (Phi) is 7.12. The van der Waals surface area contributed by atoms with Gasteiger partial charge in [0, 0.05) is 26.2 Å². The van der Waals surface area contributed by atoms with Crippen molar-refractivity contribution in [2.24, 2.45) is 0 Å². The van der Waals surface area contributed by atoms with Crippen molar-refractivity contribution < 1.29 is 14.3 Å². The van der Waals surface area contributed by atoms with Gasteiger partial charge in [-0.15, -0.1) is 0 Å². The molecule has 0 aromatic heterocycles. The largest absolute Gasteiger partial charge is 0.376 e. The Labute approximate surface area is 150 Å². The SMILES string of the molecule is O=C(NCCc1ccccc1)N1CCC(OC[C@@H]2CCCCO2)CC1. The number of ether oxygens (including phenoxy) is 2. The molecule has 0 aliphatic carbocycles. The Hall–Kier alpha value is -1.59. The predicted octanol–water partition coefficient (Wildman–Crippen LogP) is 2.99. The highest BCUT2D eigenvalue weighted by Gasteiger charge is 2.24. The Bertz CT molecular complexity index is 509. The molecular formula is C20H30N2O3. The summed E-state index contributed by atoms with van der Waals surface area (Å²) >= 11 is 0. The van der Waals surface area contributed by atoms with E-state index in [0.717, 1.165) is 45.4 Å². The third-order valence-electron chi connectivity index (χ3n) is 5.05. The maximum atomic E-state index is 12.3. The van der Waals surface area contributed by atoms with Crippen LogP contribution in [0, 0.1) is 0 Å². The van der Waals surface area contributed by atoms with E-state index in [2.05, 4.69) is 17.4 Å². The van der Waals surface area contributed by atoms with Crippen LogP contribution in [0.1, 0.15) is 37.7 Å². The summed E-state index contributed by atoms with van der Waals surface area (Å²) in [4.78, 5) is 14.2. The lowest BCUT2D eigenvalue weighted by Crippen LogP contribution is -2.46. The molecule has 1 N–H and O–H groups in total. The number of benzene rings is 1. The second-order valence-electron chi connectivity index (χ2n) is 6.98. The minimum Gasteiger partial charge on any atom is -0.376 e. The Morgan fingerprint density at radius 3 is 2.68 bits per heavy atom. The van der Waals surface area contributed by atoms with Gasteiger partial charge in [-0.2, -0.15) is 0 Å². The number of nitrogens with zero attached hydrogens (tertiary/aromatic N) is 1. The second-order valence-corrected chi connectivity index (χ2v) is 6.98. The smallest absolute Gasteiger partial charge is 0.317 e. The van der Waals surface area contributed by atoms with Crippen molar-refractivity contribution in [1.29, 1.82) is 0 Å². The quantitative estimate of drug-likeness (QED) is 0.861. The third kappa shape index (κ3) is 6.01. The van der Waals surface area contributed by atoms with Gasteiger partial charge in [-0.25, -0.2) is 4.79 Å². The van der Waals surface area contributed by atoms with Gasteiger partial charge in [-0.1, -0.05) is 30.3 Å². The van der Waals surface area contributed by atoms with Crippen LogP contribution >= 0.6 is 0 Å². The van der Waals surface area contributed by atoms with Crippen molar-refractivity contribution in [3.05, 3.63) is 35.9 Å². The predicted molar refractivity (Wildman–Crippen MR) is 97.7 cm³/mol. The first-order chi connectivity index (χ1) is 12.3. The van der Waals surface area contributed by atoms with E-state index < -0.39 is 0 Å². The molecule has 2 amide bonds. The zero-order valence-corrected chi connectivity index (χ0v) is 15.0. The lowest BCUT2D eigenvalue weighted by molar-refractivity contribution is -0.0728. The van der Waals surface area contributed by atoms with Crippen molar-refractivity contribution in [3.63, 3.8) is 0 Å². The standard InChI is InChI=1S/C20H30N2O3/c23-20(21-12-9-17-6-2-1-3-7-17)22-13-10-18(11-14-22)25-16-19-8-4-5-15-24-19/h1-3,6-7,18-19H,4-5,8-16H2,(H,21,23)/t19-/m0/s1. The van der Waals surface area contributed by atoms with E-state index in [1.165, 1.54) is 18.4 Å². The molecule has 2 heterocycles. The van der Waals surface area contributed by atoms with Crippen molar-refractivity contribution in [2.45, 2.75) is 50.7 Å². The lowest BCUT2D eigenvalue weighted by Gasteiger charge is -2.33. The van der Waals surface area contributed by atoms with E-state index >= 15 is 0 Å². The zero-order valence-electron chi connectivity index (χ0n) is 15.0. The summed E-state index contributed by atoms with van der Waals surface area (Å²) in [5.41, 5.74) is 1.25. The number of hydrogen-bond donors (Lipinski definition) is 1. The molecule has 2 fully saturated rings. The summed E-state index contributed by atoms with van der Waals surface area (Å²) in [6.45, 7) is 3.79. The Morgan fingerprint density at radius 2 is 1.96 bits per heavy atom. The number of carbonyl (C=O) groups excluding carboxylic acids is 1. The Morgan fingerprint density at radius 1 is 1.16 bits per heavy atom. The number of amides is 2. The third-order valence-corrected chi connectivity index (χ3v) is 5.05. The highest BCUT2D eigenvalue weighted by atomic mass is 16.5. The van der Waals surface area contributed by atoms with Crippen LogP contribution in [0.15, 0.2) is 30.3 Å². The summed E-state index contributed by atoms with van der Waals surface area (Å²) in [5, 5.41) is 3.03. The van der Waals surface area contributed by atoms with Crippen LogP contribution < -0.4 is 5.32 Å². The Balaban J connectivity index is 1.29. The number of urea groups is 1. The van der Waals surface area contributed by atoms with E-state index in [0.29, 0.717) is 13.2 Å². The van der Waals surface area contributed by atoms with Gasteiger partial charge in [0.05, 0.1) is 18.8 Å². The van der Waals surface area contributed by atoms with E-state index in [-0.39, 0.29) is 18.2 Å². The van der Waals surface area contributed by atoms with Crippen LogP contribution in [-0.2, 0) is 15.9 Å². The van der Waals surface area contributed by atoms with Gasteiger partial charge >= 0.3 is 6.03 Å². The second kappa shape index (κ2) is 9.78. The maximum Gasteiger partial charge on any atom is 0.317 e. The number of piperidine rings is 1. The topological polar surface area (TPSA) is 50.8 Å². The number of carbonyl (C=O) groups is 1. The first-order valence-corrected chi connectivity index (χ1v) is 9.61.